The minimum Gasteiger partial charge on any atom is -0.490 e. The van der Waals surface area contributed by atoms with E-state index in [0.717, 1.165) is 37.0 Å². The van der Waals surface area contributed by atoms with Crippen LogP contribution in [0.2, 0.25) is 0 Å². The van der Waals surface area contributed by atoms with Crippen molar-refractivity contribution >= 4 is 6.03 Å². The Morgan fingerprint density at radius 3 is 2.87 bits per heavy atom. The van der Waals surface area contributed by atoms with E-state index in [1.807, 2.05) is 24.1 Å². The second-order valence-corrected chi connectivity index (χ2v) is 8.21. The molecule has 3 heterocycles. The molecule has 0 saturated carbocycles. The number of pyridine rings is 1. The smallest absolute Gasteiger partial charge is 0.317 e. The highest BCUT2D eigenvalue weighted by Crippen LogP contribution is 2.35. The molecule has 1 unspecified atom stereocenters. The normalized spacial score (nSPS) is 21.7. The molecule has 1 saturated heterocycles. The van der Waals surface area contributed by atoms with Gasteiger partial charge < -0.3 is 19.7 Å². The molecule has 2 aliphatic rings. The number of hydrogen-bond acceptors (Lipinski definition) is 4. The van der Waals surface area contributed by atoms with Gasteiger partial charge in [-0.2, -0.15) is 0 Å². The molecule has 30 heavy (non-hydrogen) atoms. The van der Waals surface area contributed by atoms with Gasteiger partial charge in [-0.15, -0.1) is 0 Å². The van der Waals surface area contributed by atoms with Crippen LogP contribution in [-0.2, 0) is 16.8 Å². The average Bonchev–Trinajstić information content (AvgIpc) is 2.79. The Morgan fingerprint density at radius 2 is 2.10 bits per heavy atom. The van der Waals surface area contributed by atoms with Crippen molar-refractivity contribution in [1.82, 2.24) is 15.2 Å². The summed E-state index contributed by atoms with van der Waals surface area (Å²) in [6.45, 7) is 6.69. The van der Waals surface area contributed by atoms with Crippen molar-refractivity contribution in [2.75, 3.05) is 26.2 Å². The number of aryl methyl sites for hydroxylation is 1. The molecule has 0 radical (unpaired) electrons. The van der Waals surface area contributed by atoms with Crippen LogP contribution in [0, 0.1) is 6.92 Å². The fourth-order valence-electron chi connectivity index (χ4n) is 4.46. The Bertz CT molecular complexity index is 880. The van der Waals surface area contributed by atoms with Crippen molar-refractivity contribution in [1.29, 1.82) is 0 Å². The van der Waals surface area contributed by atoms with Crippen molar-refractivity contribution in [3.05, 3.63) is 59.4 Å². The van der Waals surface area contributed by atoms with E-state index >= 15 is 0 Å². The minimum absolute atomic E-state index is 0.0204. The van der Waals surface area contributed by atoms with Crippen molar-refractivity contribution in [2.45, 2.75) is 51.2 Å². The largest absolute Gasteiger partial charge is 0.490 e. The fourth-order valence-corrected chi connectivity index (χ4v) is 4.46. The average molecular weight is 410 g/mol. The van der Waals surface area contributed by atoms with Crippen LogP contribution in [0.1, 0.15) is 42.9 Å². The number of piperidine rings is 1. The quantitative estimate of drug-likeness (QED) is 0.815. The van der Waals surface area contributed by atoms with Crippen LogP contribution in [0.25, 0.3) is 0 Å². The standard InChI is InChI=1S/C24H31N3O3/c1-3-24(21-7-5-4-6-19(21)11-15-29-24)17-26-23(28)27-13-9-20(10-14-27)30-22-8-12-25-16-18(22)2/h4-8,12,16,20H,3,9-11,13-15,17H2,1-2H3,(H,26,28). The van der Waals surface area contributed by atoms with E-state index in [-0.39, 0.29) is 12.1 Å². The number of hydrogen-bond donors (Lipinski definition) is 1. The molecule has 6 nitrogen and oxygen atoms in total. The van der Waals surface area contributed by atoms with E-state index in [1.54, 1.807) is 6.20 Å². The van der Waals surface area contributed by atoms with Gasteiger partial charge in [-0.05, 0) is 37.0 Å². The van der Waals surface area contributed by atoms with Gasteiger partial charge in [0.05, 0.1) is 13.2 Å². The Hall–Kier alpha value is -2.60. The van der Waals surface area contributed by atoms with E-state index in [0.29, 0.717) is 26.2 Å². The molecule has 0 bridgehead atoms. The molecule has 1 N–H and O–H groups in total. The van der Waals surface area contributed by atoms with Gasteiger partial charge in [0.15, 0.2) is 0 Å². The zero-order valence-corrected chi connectivity index (χ0v) is 17.9. The second-order valence-electron chi connectivity index (χ2n) is 8.21. The first-order chi connectivity index (χ1) is 14.6. The summed E-state index contributed by atoms with van der Waals surface area (Å²) < 4.78 is 12.3. The fraction of sp³-hybridized carbons (Fsp3) is 0.500. The van der Waals surface area contributed by atoms with Crippen LogP contribution in [0.15, 0.2) is 42.7 Å². The van der Waals surface area contributed by atoms with Crippen LogP contribution < -0.4 is 10.1 Å². The SMILES string of the molecule is CCC1(CNC(=O)N2CCC(Oc3ccncc3C)CC2)OCCc2ccccc21. The highest BCUT2D eigenvalue weighted by Gasteiger charge is 2.37. The zero-order chi connectivity index (χ0) is 21.0. The van der Waals surface area contributed by atoms with Gasteiger partial charge in [-0.3, -0.25) is 4.98 Å². The molecule has 0 spiro atoms. The lowest BCUT2D eigenvalue weighted by Gasteiger charge is -2.39. The lowest BCUT2D eigenvalue weighted by atomic mass is 9.84. The Morgan fingerprint density at radius 1 is 1.30 bits per heavy atom. The number of rotatable bonds is 5. The molecule has 1 atom stereocenters. The lowest BCUT2D eigenvalue weighted by molar-refractivity contribution is -0.0607. The number of aromatic nitrogens is 1. The summed E-state index contributed by atoms with van der Waals surface area (Å²) in [7, 11) is 0. The molecule has 1 aromatic heterocycles. The molecule has 4 rings (SSSR count). The summed E-state index contributed by atoms with van der Waals surface area (Å²) in [5, 5.41) is 3.14. The highest BCUT2D eigenvalue weighted by molar-refractivity contribution is 5.74. The van der Waals surface area contributed by atoms with Crippen LogP contribution >= 0.6 is 0 Å². The summed E-state index contributed by atoms with van der Waals surface area (Å²) in [6.07, 6.45) is 7.10. The topological polar surface area (TPSA) is 63.7 Å². The number of carbonyl (C=O) groups is 1. The first-order valence-corrected chi connectivity index (χ1v) is 10.9. The molecule has 2 aromatic rings. The number of likely N-dealkylation sites (tertiary alicyclic amines) is 1. The van der Waals surface area contributed by atoms with E-state index in [4.69, 9.17) is 9.47 Å². The number of benzene rings is 1. The maximum absolute atomic E-state index is 12.8. The lowest BCUT2D eigenvalue weighted by Crippen LogP contribution is -2.51. The summed E-state index contributed by atoms with van der Waals surface area (Å²) in [4.78, 5) is 18.8. The molecule has 2 amide bonds. The third kappa shape index (κ3) is 4.29. The molecule has 160 valence electrons. The van der Waals surface area contributed by atoms with E-state index in [2.05, 4.69) is 41.5 Å². The van der Waals surface area contributed by atoms with E-state index in [1.165, 1.54) is 11.1 Å². The van der Waals surface area contributed by atoms with Crippen molar-refractivity contribution in [3.8, 4) is 5.75 Å². The summed E-state index contributed by atoms with van der Waals surface area (Å²) in [5.41, 5.74) is 3.13. The number of carbonyl (C=O) groups excluding carboxylic acids is 1. The van der Waals surface area contributed by atoms with Gasteiger partial charge >= 0.3 is 6.03 Å². The Labute approximate surface area is 178 Å². The second kappa shape index (κ2) is 9.04. The maximum Gasteiger partial charge on any atom is 0.317 e. The predicted molar refractivity (Wildman–Crippen MR) is 116 cm³/mol. The third-order valence-electron chi connectivity index (χ3n) is 6.35. The van der Waals surface area contributed by atoms with Crippen molar-refractivity contribution < 1.29 is 14.3 Å². The number of fused-ring (bicyclic) bond motifs is 1. The van der Waals surface area contributed by atoms with Gasteiger partial charge in [0.25, 0.3) is 0 Å². The number of nitrogens with one attached hydrogen (secondary N) is 1. The van der Waals surface area contributed by atoms with Crippen LogP contribution in [-0.4, -0.2) is 48.3 Å². The molecular weight excluding hydrogens is 378 g/mol. The molecule has 0 aliphatic carbocycles. The zero-order valence-electron chi connectivity index (χ0n) is 17.9. The van der Waals surface area contributed by atoms with Crippen LogP contribution in [0.3, 0.4) is 0 Å². The summed E-state index contributed by atoms with van der Waals surface area (Å²) in [6, 6.07) is 10.3. The van der Waals surface area contributed by atoms with Gasteiger partial charge in [0.1, 0.15) is 17.5 Å². The molecule has 2 aliphatic heterocycles. The Kier molecular flexibility index (Phi) is 6.23. The number of ether oxygens (including phenoxy) is 2. The summed E-state index contributed by atoms with van der Waals surface area (Å²) in [5.74, 6) is 0.880. The Balaban J connectivity index is 1.32. The first kappa shape index (κ1) is 20.7. The van der Waals surface area contributed by atoms with Gasteiger partial charge in [-0.25, -0.2) is 4.79 Å². The van der Waals surface area contributed by atoms with Gasteiger partial charge in [0, 0.05) is 43.9 Å². The predicted octanol–water partition coefficient (Wildman–Crippen LogP) is 3.82. The molecule has 1 aromatic carbocycles. The van der Waals surface area contributed by atoms with E-state index in [9.17, 15) is 4.79 Å². The minimum atomic E-state index is -0.440. The summed E-state index contributed by atoms with van der Waals surface area (Å²) >= 11 is 0. The highest BCUT2D eigenvalue weighted by atomic mass is 16.5. The van der Waals surface area contributed by atoms with E-state index < -0.39 is 5.60 Å². The maximum atomic E-state index is 12.8. The van der Waals surface area contributed by atoms with Crippen molar-refractivity contribution in [3.63, 3.8) is 0 Å². The van der Waals surface area contributed by atoms with Gasteiger partial charge in [-0.1, -0.05) is 31.2 Å². The van der Waals surface area contributed by atoms with Gasteiger partial charge in [0.2, 0.25) is 0 Å². The van der Waals surface area contributed by atoms with Crippen LogP contribution in [0.4, 0.5) is 4.79 Å². The first-order valence-electron chi connectivity index (χ1n) is 10.9. The molecular formula is C24H31N3O3. The monoisotopic (exact) mass is 409 g/mol. The molecule has 6 heteroatoms. The molecule has 1 fully saturated rings. The number of urea groups is 1. The number of nitrogens with zero attached hydrogens (tertiary/aromatic N) is 2. The van der Waals surface area contributed by atoms with Crippen molar-refractivity contribution in [2.24, 2.45) is 0 Å². The number of amides is 2. The van der Waals surface area contributed by atoms with Crippen LogP contribution in [0.5, 0.6) is 5.75 Å². The third-order valence-corrected chi connectivity index (χ3v) is 6.35.